The van der Waals surface area contributed by atoms with Crippen LogP contribution in [0.5, 0.6) is 0 Å². The van der Waals surface area contributed by atoms with Crippen molar-refractivity contribution < 1.29 is 4.39 Å². The molecule has 124 valence electrons. The summed E-state index contributed by atoms with van der Waals surface area (Å²) in [6.45, 7) is 1.82. The Morgan fingerprint density at radius 3 is 2.76 bits per heavy atom. The number of nitrogens with zero attached hydrogens (tertiary/aromatic N) is 3. The molecular formula is C18H12ClFN4S. The fraction of sp³-hybridized carbons (Fsp3) is 0.0556. The average Bonchev–Trinajstić information content (AvgIpc) is 3.09. The molecule has 0 unspecified atom stereocenters. The minimum Gasteiger partial charge on any atom is -0.277 e. The minimum absolute atomic E-state index is 0.133. The van der Waals surface area contributed by atoms with Gasteiger partial charge < -0.3 is 0 Å². The maximum Gasteiger partial charge on any atom is 0.196 e. The van der Waals surface area contributed by atoms with E-state index in [0.717, 1.165) is 16.8 Å². The topological polar surface area (TPSA) is 61.1 Å². The first-order valence-electron chi connectivity index (χ1n) is 7.28. The normalized spacial score (nSPS) is 11.2. The third-order valence-electron chi connectivity index (χ3n) is 3.44. The predicted octanol–water partition coefficient (Wildman–Crippen LogP) is 5.25. The molecule has 0 amide bonds. The van der Waals surface area contributed by atoms with Crippen LogP contribution in [0.15, 0.2) is 52.9 Å². The number of nitrogens with one attached hydrogen (secondary N) is 1. The van der Waals surface area contributed by atoms with Gasteiger partial charge in [-0.1, -0.05) is 29.8 Å². The van der Waals surface area contributed by atoms with Crippen LogP contribution in [-0.4, -0.2) is 10.7 Å². The lowest BCUT2D eigenvalue weighted by Gasteiger charge is -2.04. The molecule has 0 radical (unpaired) electrons. The van der Waals surface area contributed by atoms with Gasteiger partial charge in [0.1, 0.15) is 11.9 Å². The Kier molecular flexibility index (Phi) is 5.08. The van der Waals surface area contributed by atoms with Crippen LogP contribution in [0.4, 0.5) is 10.1 Å². The average molecular weight is 371 g/mol. The molecule has 0 saturated carbocycles. The number of halogens is 2. The van der Waals surface area contributed by atoms with E-state index in [0.29, 0.717) is 15.7 Å². The summed E-state index contributed by atoms with van der Waals surface area (Å²) in [5.74, 6) is -0.374. The van der Waals surface area contributed by atoms with Gasteiger partial charge in [0, 0.05) is 16.0 Å². The van der Waals surface area contributed by atoms with E-state index in [9.17, 15) is 9.65 Å². The summed E-state index contributed by atoms with van der Waals surface area (Å²) in [6.07, 6.45) is 0. The van der Waals surface area contributed by atoms with Gasteiger partial charge in [0.05, 0.1) is 11.4 Å². The zero-order valence-corrected chi connectivity index (χ0v) is 14.7. The van der Waals surface area contributed by atoms with Crippen LogP contribution in [0.1, 0.15) is 10.6 Å². The largest absolute Gasteiger partial charge is 0.277 e. The van der Waals surface area contributed by atoms with E-state index in [1.807, 2.05) is 30.5 Å². The van der Waals surface area contributed by atoms with Crippen molar-refractivity contribution >= 4 is 34.3 Å². The molecule has 1 heterocycles. The van der Waals surface area contributed by atoms with Gasteiger partial charge in [-0.3, -0.25) is 5.43 Å². The van der Waals surface area contributed by atoms with E-state index < -0.39 is 0 Å². The van der Waals surface area contributed by atoms with Gasteiger partial charge in [0.25, 0.3) is 0 Å². The second-order valence-corrected chi connectivity index (χ2v) is 6.48. The summed E-state index contributed by atoms with van der Waals surface area (Å²) in [7, 11) is 0. The van der Waals surface area contributed by atoms with Crippen molar-refractivity contribution in [2.45, 2.75) is 6.92 Å². The highest BCUT2D eigenvalue weighted by Gasteiger charge is 2.11. The van der Waals surface area contributed by atoms with Gasteiger partial charge in [-0.05, 0) is 36.8 Å². The van der Waals surface area contributed by atoms with Crippen molar-refractivity contribution in [3.63, 3.8) is 0 Å². The predicted molar refractivity (Wildman–Crippen MR) is 99.5 cm³/mol. The van der Waals surface area contributed by atoms with E-state index in [4.69, 9.17) is 11.6 Å². The van der Waals surface area contributed by atoms with Gasteiger partial charge in [-0.25, -0.2) is 9.37 Å². The van der Waals surface area contributed by atoms with Crippen LogP contribution >= 0.6 is 22.9 Å². The first-order chi connectivity index (χ1) is 12.1. The van der Waals surface area contributed by atoms with Crippen LogP contribution in [0, 0.1) is 24.1 Å². The highest BCUT2D eigenvalue weighted by atomic mass is 35.5. The zero-order valence-electron chi connectivity index (χ0n) is 13.1. The summed E-state index contributed by atoms with van der Waals surface area (Å²) in [4.78, 5) is 4.44. The monoisotopic (exact) mass is 370 g/mol. The molecule has 2 aromatic carbocycles. The van der Waals surface area contributed by atoms with Gasteiger partial charge in [-0.2, -0.15) is 10.4 Å². The Labute approximate surface area is 153 Å². The standard InChI is InChI=1S/C18H12ClFN4S/c1-11-2-7-14(20)8-15(11)23-24-16(9-21)18-22-17(10-25-18)12-3-5-13(19)6-4-12/h2-8,10,23H,1H3. The number of aromatic nitrogens is 1. The molecule has 0 aliphatic rings. The number of hydrogen-bond acceptors (Lipinski definition) is 5. The number of hydrazone groups is 1. The molecule has 0 bridgehead atoms. The SMILES string of the molecule is Cc1ccc(F)cc1NN=C(C#N)c1nc(-c2ccc(Cl)cc2)cs1. The number of aryl methyl sites for hydroxylation is 1. The molecule has 1 aromatic heterocycles. The molecule has 3 rings (SSSR count). The maximum atomic E-state index is 13.3. The third kappa shape index (κ3) is 4.02. The van der Waals surface area contributed by atoms with Crippen molar-refractivity contribution in [1.82, 2.24) is 4.98 Å². The lowest BCUT2D eigenvalue weighted by atomic mass is 10.2. The summed E-state index contributed by atoms with van der Waals surface area (Å²) >= 11 is 7.20. The van der Waals surface area contributed by atoms with Gasteiger partial charge in [0.2, 0.25) is 0 Å². The third-order valence-corrected chi connectivity index (χ3v) is 4.54. The molecule has 0 aliphatic heterocycles. The van der Waals surface area contributed by atoms with E-state index in [1.54, 1.807) is 18.2 Å². The minimum atomic E-state index is -0.374. The summed E-state index contributed by atoms with van der Waals surface area (Å²) in [5, 5.41) is 16.4. The zero-order chi connectivity index (χ0) is 17.8. The van der Waals surface area contributed by atoms with Crippen molar-refractivity contribution in [3.8, 4) is 17.3 Å². The lowest BCUT2D eigenvalue weighted by molar-refractivity contribution is 0.628. The first kappa shape index (κ1) is 17.1. The number of anilines is 1. The second-order valence-electron chi connectivity index (χ2n) is 5.19. The fourth-order valence-corrected chi connectivity index (χ4v) is 2.98. The van der Waals surface area contributed by atoms with Gasteiger partial charge >= 0.3 is 0 Å². The Morgan fingerprint density at radius 1 is 1.28 bits per heavy atom. The van der Waals surface area contributed by atoms with Crippen LogP contribution < -0.4 is 5.43 Å². The molecule has 7 heteroatoms. The van der Waals surface area contributed by atoms with E-state index in [-0.39, 0.29) is 11.5 Å². The number of benzene rings is 2. The van der Waals surface area contributed by atoms with Crippen LogP contribution in [0.25, 0.3) is 11.3 Å². The number of rotatable bonds is 4. The summed E-state index contributed by atoms with van der Waals surface area (Å²) < 4.78 is 13.3. The second kappa shape index (κ2) is 7.43. The molecule has 0 aliphatic carbocycles. The highest BCUT2D eigenvalue weighted by Crippen LogP contribution is 2.24. The molecule has 0 atom stereocenters. The number of hydrogen-bond donors (Lipinski definition) is 1. The van der Waals surface area contributed by atoms with Crippen LogP contribution in [0.3, 0.4) is 0 Å². The highest BCUT2D eigenvalue weighted by molar-refractivity contribution is 7.12. The molecular weight excluding hydrogens is 359 g/mol. The molecule has 0 fully saturated rings. The van der Waals surface area contributed by atoms with Gasteiger partial charge in [0.15, 0.2) is 10.7 Å². The van der Waals surface area contributed by atoms with E-state index in [1.165, 1.54) is 23.5 Å². The number of nitriles is 1. The maximum absolute atomic E-state index is 13.3. The van der Waals surface area contributed by atoms with Crippen molar-refractivity contribution in [2.24, 2.45) is 5.10 Å². The first-order valence-corrected chi connectivity index (χ1v) is 8.54. The van der Waals surface area contributed by atoms with Gasteiger partial charge in [-0.15, -0.1) is 11.3 Å². The molecule has 0 spiro atoms. The van der Waals surface area contributed by atoms with Crippen molar-refractivity contribution in [3.05, 3.63) is 69.3 Å². The molecule has 1 N–H and O–H groups in total. The Morgan fingerprint density at radius 2 is 2.04 bits per heavy atom. The van der Waals surface area contributed by atoms with E-state index >= 15 is 0 Å². The summed E-state index contributed by atoms with van der Waals surface area (Å²) in [5.41, 5.74) is 5.83. The van der Waals surface area contributed by atoms with Crippen molar-refractivity contribution in [2.75, 3.05) is 5.43 Å². The van der Waals surface area contributed by atoms with Crippen LogP contribution in [0.2, 0.25) is 5.02 Å². The molecule has 25 heavy (non-hydrogen) atoms. The fourth-order valence-electron chi connectivity index (χ4n) is 2.09. The quantitative estimate of drug-likeness (QED) is 0.504. The lowest BCUT2D eigenvalue weighted by Crippen LogP contribution is -2.02. The smallest absolute Gasteiger partial charge is 0.196 e. The summed E-state index contributed by atoms with van der Waals surface area (Å²) in [6, 6.07) is 13.6. The Hall–Kier alpha value is -2.75. The van der Waals surface area contributed by atoms with E-state index in [2.05, 4.69) is 15.5 Å². The van der Waals surface area contributed by atoms with Crippen LogP contribution in [-0.2, 0) is 0 Å². The Bertz CT molecular complexity index is 973. The Balaban J connectivity index is 1.85. The molecule has 4 nitrogen and oxygen atoms in total. The van der Waals surface area contributed by atoms with Crippen molar-refractivity contribution in [1.29, 1.82) is 5.26 Å². The number of thiazole rings is 1. The molecule has 0 saturated heterocycles. The molecule has 3 aromatic rings.